The molecule has 0 aromatic carbocycles. The fourth-order valence-electron chi connectivity index (χ4n) is 3.00. The van der Waals surface area contributed by atoms with E-state index in [-0.39, 0.29) is 23.4 Å². The van der Waals surface area contributed by atoms with Crippen molar-refractivity contribution in [1.29, 1.82) is 0 Å². The fourth-order valence-corrected chi connectivity index (χ4v) is 4.16. The largest absolute Gasteiger partial charge is 0.340 e. The van der Waals surface area contributed by atoms with Crippen molar-refractivity contribution in [3.63, 3.8) is 0 Å². The highest BCUT2D eigenvalue weighted by atomic mass is 32.2. The lowest BCUT2D eigenvalue weighted by Crippen LogP contribution is -2.47. The van der Waals surface area contributed by atoms with Crippen molar-refractivity contribution >= 4 is 17.7 Å². The van der Waals surface area contributed by atoms with Crippen molar-refractivity contribution in [1.82, 2.24) is 19.4 Å². The second-order valence-corrected chi connectivity index (χ2v) is 7.67. The molecule has 3 heterocycles. The molecule has 0 bridgehead atoms. The maximum atomic E-state index is 12.5. The summed E-state index contributed by atoms with van der Waals surface area (Å²) in [5.41, 5.74) is 0.805. The van der Waals surface area contributed by atoms with Crippen molar-refractivity contribution in [3.05, 3.63) is 22.1 Å². The zero-order chi connectivity index (χ0) is 16.6. The lowest BCUT2D eigenvalue weighted by molar-refractivity contribution is -0.133. The van der Waals surface area contributed by atoms with E-state index in [0.29, 0.717) is 6.42 Å². The molecule has 1 unspecified atom stereocenters. The normalized spacial score (nSPS) is 21.7. The van der Waals surface area contributed by atoms with Gasteiger partial charge in [-0.1, -0.05) is 25.6 Å². The molecular weight excluding hydrogens is 312 g/mol. The predicted molar refractivity (Wildman–Crippen MR) is 91.0 cm³/mol. The number of fused-ring (bicyclic) bond motifs is 1. The Morgan fingerprint density at radius 3 is 2.70 bits per heavy atom. The van der Waals surface area contributed by atoms with Crippen LogP contribution in [0.15, 0.2) is 16.0 Å². The molecule has 1 aromatic rings. The fraction of sp³-hybridized carbons (Fsp3) is 0.688. The highest BCUT2D eigenvalue weighted by Crippen LogP contribution is 2.33. The zero-order valence-corrected chi connectivity index (χ0v) is 14.8. The summed E-state index contributed by atoms with van der Waals surface area (Å²) in [6.07, 6.45) is 0.395. The molecule has 7 heteroatoms. The zero-order valence-electron chi connectivity index (χ0n) is 14.0. The average Bonchev–Trinajstić information content (AvgIpc) is 2.91. The van der Waals surface area contributed by atoms with Crippen molar-refractivity contribution in [3.8, 4) is 0 Å². The summed E-state index contributed by atoms with van der Waals surface area (Å²) in [6.45, 7) is 7.46. The van der Waals surface area contributed by atoms with Crippen LogP contribution in [0.4, 0.5) is 0 Å². The van der Waals surface area contributed by atoms with Gasteiger partial charge in [0.05, 0.1) is 11.7 Å². The van der Waals surface area contributed by atoms with Crippen LogP contribution in [-0.2, 0) is 4.79 Å². The standard InChI is InChI=1S/C16H24N4O2S/c1-11(2)13-9-15(22)20-12(10-23-16(20)17-13)8-14(21)19-6-4-18(3)5-7-19/h9,11-12H,4-8,10H2,1-3H3. The smallest absolute Gasteiger partial charge is 0.254 e. The van der Waals surface area contributed by atoms with E-state index in [1.54, 1.807) is 22.4 Å². The van der Waals surface area contributed by atoms with Crippen LogP contribution in [0.1, 0.15) is 37.9 Å². The van der Waals surface area contributed by atoms with Crippen LogP contribution in [-0.4, -0.2) is 64.2 Å². The lowest BCUT2D eigenvalue weighted by atomic mass is 10.1. The Bertz CT molecular complexity index is 650. The molecule has 1 aromatic heterocycles. The van der Waals surface area contributed by atoms with Gasteiger partial charge in [0.25, 0.3) is 5.56 Å². The van der Waals surface area contributed by atoms with Gasteiger partial charge in [-0.25, -0.2) is 4.98 Å². The van der Waals surface area contributed by atoms with Crippen molar-refractivity contribution in [2.24, 2.45) is 0 Å². The van der Waals surface area contributed by atoms with E-state index in [9.17, 15) is 9.59 Å². The summed E-state index contributed by atoms with van der Waals surface area (Å²) >= 11 is 1.58. The van der Waals surface area contributed by atoms with Crippen LogP contribution < -0.4 is 5.56 Å². The van der Waals surface area contributed by atoms with E-state index < -0.39 is 0 Å². The quantitative estimate of drug-likeness (QED) is 0.776. The molecule has 2 aliphatic rings. The van der Waals surface area contributed by atoms with E-state index in [1.165, 1.54) is 0 Å². The second-order valence-electron chi connectivity index (χ2n) is 6.68. The molecule has 0 radical (unpaired) electrons. The van der Waals surface area contributed by atoms with Crippen LogP contribution in [0.5, 0.6) is 0 Å². The van der Waals surface area contributed by atoms with Gasteiger partial charge in [-0.05, 0) is 13.0 Å². The second kappa shape index (κ2) is 6.65. The molecule has 3 rings (SSSR count). The molecule has 1 saturated heterocycles. The minimum absolute atomic E-state index is 0.0279. The number of rotatable bonds is 3. The van der Waals surface area contributed by atoms with E-state index in [1.807, 2.05) is 18.7 Å². The Kier molecular flexibility index (Phi) is 4.77. The number of amides is 1. The van der Waals surface area contributed by atoms with Crippen molar-refractivity contribution in [2.45, 2.75) is 37.4 Å². The minimum Gasteiger partial charge on any atom is -0.340 e. The van der Waals surface area contributed by atoms with Crippen LogP contribution in [0.3, 0.4) is 0 Å². The van der Waals surface area contributed by atoms with E-state index in [0.717, 1.165) is 42.8 Å². The molecule has 126 valence electrons. The van der Waals surface area contributed by atoms with Gasteiger partial charge in [0, 0.05) is 44.4 Å². The molecule has 6 nitrogen and oxygen atoms in total. The first-order chi connectivity index (χ1) is 11.0. The molecule has 0 saturated carbocycles. The minimum atomic E-state index is -0.0663. The maximum Gasteiger partial charge on any atom is 0.254 e. The van der Waals surface area contributed by atoms with Gasteiger partial charge >= 0.3 is 0 Å². The molecule has 0 N–H and O–H groups in total. The number of hydrogen-bond donors (Lipinski definition) is 0. The Labute approximate surface area is 140 Å². The third kappa shape index (κ3) is 3.45. The number of nitrogens with zero attached hydrogens (tertiary/aromatic N) is 4. The third-order valence-corrected chi connectivity index (χ3v) is 5.66. The predicted octanol–water partition coefficient (Wildman–Crippen LogP) is 1.18. The van der Waals surface area contributed by atoms with Crippen LogP contribution >= 0.6 is 11.8 Å². The molecule has 0 aliphatic carbocycles. The van der Waals surface area contributed by atoms with Crippen LogP contribution in [0.2, 0.25) is 0 Å². The molecule has 23 heavy (non-hydrogen) atoms. The Hall–Kier alpha value is -1.34. The topological polar surface area (TPSA) is 58.4 Å². The van der Waals surface area contributed by atoms with Gasteiger partial charge in [0.2, 0.25) is 5.91 Å². The molecule has 2 aliphatic heterocycles. The Balaban J connectivity index is 1.73. The summed E-state index contributed by atoms with van der Waals surface area (Å²) < 4.78 is 1.71. The number of piperazine rings is 1. The Morgan fingerprint density at radius 1 is 1.35 bits per heavy atom. The SMILES string of the molecule is CC(C)c1cc(=O)n2c(n1)SCC2CC(=O)N1CCN(C)CC1. The number of carbonyl (C=O) groups excluding carboxylic acids is 1. The summed E-state index contributed by atoms with van der Waals surface area (Å²) in [4.78, 5) is 33.7. The van der Waals surface area contributed by atoms with Gasteiger partial charge < -0.3 is 9.80 Å². The third-order valence-electron chi connectivity index (χ3n) is 4.57. The number of hydrogen-bond acceptors (Lipinski definition) is 5. The van der Waals surface area contributed by atoms with E-state index >= 15 is 0 Å². The van der Waals surface area contributed by atoms with Crippen LogP contribution in [0.25, 0.3) is 0 Å². The molecule has 0 spiro atoms. The average molecular weight is 336 g/mol. The number of likely N-dealkylation sites (N-methyl/N-ethyl adjacent to an activating group) is 1. The summed E-state index contributed by atoms with van der Waals surface area (Å²) in [5, 5.41) is 0.761. The number of thioether (sulfide) groups is 1. The number of aromatic nitrogens is 2. The van der Waals surface area contributed by atoms with Crippen molar-refractivity contribution < 1.29 is 4.79 Å². The summed E-state index contributed by atoms with van der Waals surface area (Å²) in [6, 6.07) is 1.55. The highest BCUT2D eigenvalue weighted by molar-refractivity contribution is 7.99. The first kappa shape index (κ1) is 16.5. The maximum absolute atomic E-state index is 12.5. The summed E-state index contributed by atoms with van der Waals surface area (Å²) in [5.74, 6) is 1.14. The van der Waals surface area contributed by atoms with Gasteiger partial charge in [-0.3, -0.25) is 14.2 Å². The van der Waals surface area contributed by atoms with Gasteiger partial charge in [-0.2, -0.15) is 0 Å². The van der Waals surface area contributed by atoms with E-state index in [4.69, 9.17) is 0 Å². The monoisotopic (exact) mass is 336 g/mol. The lowest BCUT2D eigenvalue weighted by Gasteiger charge is -2.33. The first-order valence-corrected chi connectivity index (χ1v) is 9.17. The molecule has 1 fully saturated rings. The van der Waals surface area contributed by atoms with Gasteiger partial charge in [0.15, 0.2) is 5.16 Å². The van der Waals surface area contributed by atoms with Crippen LogP contribution in [0, 0.1) is 0 Å². The molecular formula is C16H24N4O2S. The van der Waals surface area contributed by atoms with Crippen molar-refractivity contribution in [2.75, 3.05) is 39.0 Å². The number of carbonyl (C=O) groups is 1. The van der Waals surface area contributed by atoms with Gasteiger partial charge in [-0.15, -0.1) is 0 Å². The van der Waals surface area contributed by atoms with E-state index in [2.05, 4.69) is 16.9 Å². The highest BCUT2D eigenvalue weighted by Gasteiger charge is 2.30. The molecule has 1 amide bonds. The summed E-state index contributed by atoms with van der Waals surface area (Å²) in [7, 11) is 2.07. The molecule has 1 atom stereocenters. The van der Waals surface area contributed by atoms with Gasteiger partial charge in [0.1, 0.15) is 0 Å². The first-order valence-electron chi connectivity index (χ1n) is 8.18. The Morgan fingerprint density at radius 2 is 2.04 bits per heavy atom.